The summed E-state index contributed by atoms with van der Waals surface area (Å²) in [6, 6.07) is 13.3. The highest BCUT2D eigenvalue weighted by Crippen LogP contribution is 2.32. The van der Waals surface area contributed by atoms with E-state index in [4.69, 9.17) is 0 Å². The lowest BCUT2D eigenvalue weighted by molar-refractivity contribution is 0.625. The zero-order chi connectivity index (χ0) is 13.1. The number of hydrogen-bond donors (Lipinski definition) is 0. The van der Waals surface area contributed by atoms with Crippen molar-refractivity contribution in [3.8, 4) is 0 Å². The quantitative estimate of drug-likeness (QED) is 0.613. The van der Waals surface area contributed by atoms with Crippen molar-refractivity contribution in [1.82, 2.24) is 0 Å². The molecule has 0 saturated carbocycles. The van der Waals surface area contributed by atoms with E-state index in [0.717, 1.165) is 22.0 Å². The molecule has 2 rings (SSSR count). The molecular formula is C15H13Br2F. The summed E-state index contributed by atoms with van der Waals surface area (Å²) < 4.78 is 14.1. The molecule has 0 radical (unpaired) electrons. The largest absolute Gasteiger partial charge is 0.207 e. The summed E-state index contributed by atoms with van der Waals surface area (Å²) in [4.78, 5) is 0.00964. The van der Waals surface area contributed by atoms with Gasteiger partial charge in [0, 0.05) is 4.47 Å². The Bertz CT molecular complexity index is 514. The van der Waals surface area contributed by atoms with Gasteiger partial charge in [0.1, 0.15) is 5.82 Å². The molecule has 0 heterocycles. The van der Waals surface area contributed by atoms with E-state index in [1.807, 2.05) is 6.07 Å². The van der Waals surface area contributed by atoms with Crippen molar-refractivity contribution in [3.63, 3.8) is 0 Å². The molecule has 0 aliphatic rings. The average Bonchev–Trinajstić information content (AvgIpc) is 2.37. The predicted molar refractivity (Wildman–Crippen MR) is 80.7 cm³/mol. The van der Waals surface area contributed by atoms with Crippen LogP contribution in [0.25, 0.3) is 0 Å². The molecule has 0 nitrogen and oxygen atoms in total. The SMILES string of the molecule is CCc1ccc(C(Br)c2cc(F)cc(Br)c2)cc1. The van der Waals surface area contributed by atoms with Gasteiger partial charge in [-0.3, -0.25) is 0 Å². The molecular weight excluding hydrogens is 359 g/mol. The number of aryl methyl sites for hydroxylation is 1. The molecule has 2 aromatic rings. The topological polar surface area (TPSA) is 0 Å². The zero-order valence-electron chi connectivity index (χ0n) is 9.96. The van der Waals surface area contributed by atoms with E-state index in [1.165, 1.54) is 11.6 Å². The van der Waals surface area contributed by atoms with E-state index in [-0.39, 0.29) is 10.6 Å². The molecule has 0 N–H and O–H groups in total. The van der Waals surface area contributed by atoms with Crippen LogP contribution in [0.4, 0.5) is 4.39 Å². The summed E-state index contributed by atoms with van der Waals surface area (Å²) >= 11 is 6.94. The van der Waals surface area contributed by atoms with Gasteiger partial charge in [0.25, 0.3) is 0 Å². The first kappa shape index (κ1) is 13.8. The van der Waals surface area contributed by atoms with Crippen molar-refractivity contribution in [2.75, 3.05) is 0 Å². The molecule has 1 atom stereocenters. The van der Waals surface area contributed by atoms with E-state index < -0.39 is 0 Å². The Morgan fingerprint density at radius 2 is 1.72 bits per heavy atom. The third kappa shape index (κ3) is 3.21. The van der Waals surface area contributed by atoms with Gasteiger partial charge in [0.2, 0.25) is 0 Å². The van der Waals surface area contributed by atoms with Crippen LogP contribution in [0.3, 0.4) is 0 Å². The van der Waals surface area contributed by atoms with Gasteiger partial charge in [0.15, 0.2) is 0 Å². The van der Waals surface area contributed by atoms with Crippen molar-refractivity contribution in [2.45, 2.75) is 18.2 Å². The highest BCUT2D eigenvalue weighted by molar-refractivity contribution is 9.10. The molecule has 0 amide bonds. The second-order valence-electron chi connectivity index (χ2n) is 4.16. The summed E-state index contributed by atoms with van der Waals surface area (Å²) in [7, 11) is 0. The summed E-state index contributed by atoms with van der Waals surface area (Å²) in [6.07, 6.45) is 1.03. The Morgan fingerprint density at radius 1 is 1.06 bits per heavy atom. The minimum absolute atomic E-state index is 0.00964. The van der Waals surface area contributed by atoms with Crippen molar-refractivity contribution in [1.29, 1.82) is 0 Å². The molecule has 94 valence electrons. The molecule has 1 unspecified atom stereocenters. The summed E-state index contributed by atoms with van der Waals surface area (Å²) in [5.41, 5.74) is 3.34. The first-order valence-electron chi connectivity index (χ1n) is 5.79. The number of alkyl halides is 1. The summed E-state index contributed by atoms with van der Waals surface area (Å²) in [6.45, 7) is 2.13. The second-order valence-corrected chi connectivity index (χ2v) is 5.99. The van der Waals surface area contributed by atoms with Crippen LogP contribution in [-0.4, -0.2) is 0 Å². The first-order valence-corrected chi connectivity index (χ1v) is 7.50. The van der Waals surface area contributed by atoms with Crippen molar-refractivity contribution >= 4 is 31.9 Å². The van der Waals surface area contributed by atoms with Gasteiger partial charge in [-0.15, -0.1) is 0 Å². The van der Waals surface area contributed by atoms with Gasteiger partial charge in [-0.05, 0) is 41.3 Å². The molecule has 18 heavy (non-hydrogen) atoms. The molecule has 3 heteroatoms. The van der Waals surface area contributed by atoms with Crippen molar-refractivity contribution < 1.29 is 4.39 Å². The van der Waals surface area contributed by atoms with Crippen LogP contribution in [0, 0.1) is 5.82 Å². The maximum atomic E-state index is 13.4. The normalized spacial score (nSPS) is 12.4. The van der Waals surface area contributed by atoms with Gasteiger partial charge < -0.3 is 0 Å². The van der Waals surface area contributed by atoms with Crippen LogP contribution in [0.1, 0.15) is 28.4 Å². The Balaban J connectivity index is 2.31. The summed E-state index contributed by atoms with van der Waals surface area (Å²) in [5.74, 6) is -0.228. The maximum Gasteiger partial charge on any atom is 0.124 e. The number of rotatable bonds is 3. The van der Waals surface area contributed by atoms with Crippen LogP contribution >= 0.6 is 31.9 Å². The fourth-order valence-electron chi connectivity index (χ4n) is 1.84. The lowest BCUT2D eigenvalue weighted by Gasteiger charge is -2.12. The molecule has 0 saturated heterocycles. The molecule has 0 spiro atoms. The Labute approximate surface area is 123 Å². The highest BCUT2D eigenvalue weighted by Gasteiger charge is 2.12. The van der Waals surface area contributed by atoms with E-state index in [9.17, 15) is 4.39 Å². The van der Waals surface area contributed by atoms with Gasteiger partial charge in [0.05, 0.1) is 4.83 Å². The van der Waals surface area contributed by atoms with Crippen LogP contribution in [0.2, 0.25) is 0 Å². The number of hydrogen-bond acceptors (Lipinski definition) is 0. The smallest absolute Gasteiger partial charge is 0.124 e. The molecule has 0 aromatic heterocycles. The standard InChI is InChI=1S/C15H13Br2F/c1-2-10-3-5-11(6-4-10)15(17)12-7-13(16)9-14(18)8-12/h3-9,15H,2H2,1H3. The minimum atomic E-state index is -0.228. The van der Waals surface area contributed by atoms with Crippen molar-refractivity contribution in [3.05, 3.63) is 69.4 Å². The van der Waals surface area contributed by atoms with E-state index in [1.54, 1.807) is 6.07 Å². The zero-order valence-corrected chi connectivity index (χ0v) is 13.1. The highest BCUT2D eigenvalue weighted by atomic mass is 79.9. The second kappa shape index (κ2) is 5.98. The summed E-state index contributed by atoms with van der Waals surface area (Å²) in [5, 5.41) is 0. The third-order valence-corrected chi connectivity index (χ3v) is 4.37. The Morgan fingerprint density at radius 3 is 2.28 bits per heavy atom. The number of halogens is 3. The van der Waals surface area contributed by atoms with E-state index >= 15 is 0 Å². The van der Waals surface area contributed by atoms with Crippen LogP contribution in [0.5, 0.6) is 0 Å². The van der Waals surface area contributed by atoms with Crippen molar-refractivity contribution in [2.24, 2.45) is 0 Å². The molecule has 0 aliphatic carbocycles. The van der Waals surface area contributed by atoms with Gasteiger partial charge >= 0.3 is 0 Å². The lowest BCUT2D eigenvalue weighted by Crippen LogP contribution is -1.94. The fraction of sp³-hybridized carbons (Fsp3) is 0.200. The Kier molecular flexibility index (Phi) is 4.57. The lowest BCUT2D eigenvalue weighted by atomic mass is 10.0. The van der Waals surface area contributed by atoms with Gasteiger partial charge in [-0.1, -0.05) is 63.0 Å². The Hall–Kier alpha value is -0.670. The fourth-order valence-corrected chi connectivity index (χ4v) is 2.89. The van der Waals surface area contributed by atoms with E-state index in [0.29, 0.717) is 0 Å². The molecule has 0 bridgehead atoms. The predicted octanol–water partition coefficient (Wildman–Crippen LogP) is 5.63. The van der Waals surface area contributed by atoms with Crippen LogP contribution in [0.15, 0.2) is 46.9 Å². The average molecular weight is 372 g/mol. The van der Waals surface area contributed by atoms with E-state index in [2.05, 4.69) is 63.0 Å². The molecule has 0 fully saturated rings. The maximum absolute atomic E-state index is 13.4. The van der Waals surface area contributed by atoms with Crippen LogP contribution in [-0.2, 0) is 6.42 Å². The third-order valence-electron chi connectivity index (χ3n) is 2.86. The van der Waals surface area contributed by atoms with Crippen LogP contribution < -0.4 is 0 Å². The first-order chi connectivity index (χ1) is 8.60. The number of benzene rings is 2. The molecule has 0 aliphatic heterocycles. The molecule has 2 aromatic carbocycles. The van der Waals surface area contributed by atoms with Gasteiger partial charge in [-0.25, -0.2) is 4.39 Å². The monoisotopic (exact) mass is 370 g/mol. The van der Waals surface area contributed by atoms with Gasteiger partial charge in [-0.2, -0.15) is 0 Å². The minimum Gasteiger partial charge on any atom is -0.207 e.